The summed E-state index contributed by atoms with van der Waals surface area (Å²) in [5.41, 5.74) is 10.4. The van der Waals surface area contributed by atoms with Gasteiger partial charge >= 0.3 is 0 Å². The second kappa shape index (κ2) is 8.74. The van der Waals surface area contributed by atoms with Crippen LogP contribution in [0.4, 0.5) is 0 Å². The Bertz CT molecular complexity index is 3510. The molecule has 6 heteroatoms. The molecular formula is C44H21N3O2S. The van der Waals surface area contributed by atoms with E-state index in [-0.39, 0.29) is 0 Å². The third kappa shape index (κ3) is 3.01. The van der Waals surface area contributed by atoms with Gasteiger partial charge in [-0.15, -0.1) is 11.3 Å². The van der Waals surface area contributed by atoms with E-state index in [0.29, 0.717) is 11.5 Å². The maximum absolute atomic E-state index is 6.57. The summed E-state index contributed by atoms with van der Waals surface area (Å²) < 4.78 is 17.6. The molecule has 5 nitrogen and oxygen atoms in total. The number of thiophene rings is 1. The number of para-hydroxylation sites is 2. The third-order valence-corrected chi connectivity index (χ3v) is 11.9. The van der Waals surface area contributed by atoms with Crippen LogP contribution >= 0.6 is 11.3 Å². The zero-order chi connectivity index (χ0) is 32.2. The third-order valence-electron chi connectivity index (χ3n) is 10.7. The first kappa shape index (κ1) is 25.5. The molecule has 0 N–H and O–H groups in total. The molecule has 1 aliphatic rings. The highest BCUT2D eigenvalue weighted by molar-refractivity contribution is 7.26. The first-order valence-corrected chi connectivity index (χ1v) is 17.6. The van der Waals surface area contributed by atoms with Crippen LogP contribution < -0.4 is 0 Å². The van der Waals surface area contributed by atoms with Gasteiger partial charge in [0.05, 0.1) is 11.0 Å². The monoisotopic (exact) mass is 655 g/mol. The van der Waals surface area contributed by atoms with Crippen molar-refractivity contribution < 1.29 is 8.83 Å². The smallest absolute Gasteiger partial charge is 0.236 e. The van der Waals surface area contributed by atoms with Gasteiger partial charge in [-0.2, -0.15) is 0 Å². The molecule has 7 aromatic carbocycles. The topological polar surface area (TPSA) is 57.0 Å². The quantitative estimate of drug-likeness (QED) is 0.186. The Morgan fingerprint density at radius 1 is 0.500 bits per heavy atom. The Balaban J connectivity index is 1.21. The molecule has 0 aliphatic heterocycles. The Hall–Kier alpha value is -6.50. The second-order valence-corrected chi connectivity index (χ2v) is 14.4. The van der Waals surface area contributed by atoms with E-state index >= 15 is 0 Å². The van der Waals surface area contributed by atoms with Gasteiger partial charge in [-0.05, 0) is 82.6 Å². The average molecular weight is 656 g/mol. The van der Waals surface area contributed by atoms with Gasteiger partial charge in [0.15, 0.2) is 5.58 Å². The minimum absolute atomic E-state index is 0.618. The van der Waals surface area contributed by atoms with Gasteiger partial charge in [0.1, 0.15) is 28.0 Å². The minimum Gasteiger partial charge on any atom is -0.456 e. The van der Waals surface area contributed by atoms with Crippen LogP contribution in [0, 0.1) is 0 Å². The molecule has 50 heavy (non-hydrogen) atoms. The van der Waals surface area contributed by atoms with E-state index in [1.165, 1.54) is 52.8 Å². The second-order valence-electron chi connectivity index (χ2n) is 13.3. The standard InChI is InChI=1S/C44H21N3O2S/c1-3-12-31-24(8-1)28-21-23(16-19-33(28)48-31)41-43-42(27-9-2-4-13-32(27)49-43)46-44(45-41)47-29-17-15-22-7-5-10-25-26-11-6-14-34-37(26)40-35(50-34)20-18-30(47)39(40)38(29)36(22)25/h1-21H. The first-order valence-electron chi connectivity index (χ1n) is 16.7. The average Bonchev–Trinajstić information content (AvgIpc) is 3.90. The van der Waals surface area contributed by atoms with Crippen molar-refractivity contribution >= 4 is 108 Å². The largest absolute Gasteiger partial charge is 0.456 e. The van der Waals surface area contributed by atoms with Crippen LogP contribution in [0.3, 0.4) is 0 Å². The number of hydrogen-bond donors (Lipinski definition) is 0. The fraction of sp³-hybridized carbons (Fsp3) is 0. The molecule has 0 spiro atoms. The fourth-order valence-corrected chi connectivity index (χ4v) is 9.83. The Kier molecular flexibility index (Phi) is 4.46. The van der Waals surface area contributed by atoms with Crippen molar-refractivity contribution in [3.05, 3.63) is 127 Å². The van der Waals surface area contributed by atoms with E-state index in [1.807, 2.05) is 53.8 Å². The van der Waals surface area contributed by atoms with Gasteiger partial charge in [-0.1, -0.05) is 66.7 Å². The normalized spacial score (nSPS) is 12.8. The molecule has 0 radical (unpaired) electrons. The molecule has 13 rings (SSSR count). The van der Waals surface area contributed by atoms with E-state index in [0.717, 1.165) is 60.7 Å². The summed E-state index contributed by atoms with van der Waals surface area (Å²) in [6.45, 7) is 0. The lowest BCUT2D eigenvalue weighted by atomic mass is 9.95. The van der Waals surface area contributed by atoms with Crippen molar-refractivity contribution in [1.82, 2.24) is 14.5 Å². The maximum Gasteiger partial charge on any atom is 0.236 e. The van der Waals surface area contributed by atoms with Gasteiger partial charge in [0.2, 0.25) is 5.95 Å². The van der Waals surface area contributed by atoms with Crippen LogP contribution in [-0.4, -0.2) is 14.5 Å². The number of furan rings is 2. The van der Waals surface area contributed by atoms with Crippen LogP contribution in [0.2, 0.25) is 0 Å². The molecule has 0 atom stereocenters. The van der Waals surface area contributed by atoms with Crippen molar-refractivity contribution in [2.75, 3.05) is 0 Å². The van der Waals surface area contributed by atoms with Crippen LogP contribution in [0.25, 0.3) is 125 Å². The summed E-state index contributed by atoms with van der Waals surface area (Å²) in [7, 11) is 0. The van der Waals surface area contributed by atoms with Crippen molar-refractivity contribution in [3.8, 4) is 28.3 Å². The molecule has 230 valence electrons. The van der Waals surface area contributed by atoms with Crippen LogP contribution in [0.1, 0.15) is 0 Å². The summed E-state index contributed by atoms with van der Waals surface area (Å²) in [4.78, 5) is 10.8. The lowest BCUT2D eigenvalue weighted by Gasteiger charge is -2.12. The molecule has 5 aromatic heterocycles. The fourth-order valence-electron chi connectivity index (χ4n) is 8.69. The summed E-state index contributed by atoms with van der Waals surface area (Å²) >= 11 is 1.87. The van der Waals surface area contributed by atoms with E-state index in [1.54, 1.807) is 0 Å². The summed E-state index contributed by atoms with van der Waals surface area (Å²) in [5, 5.41) is 10.8. The minimum atomic E-state index is 0.618. The molecule has 5 heterocycles. The Labute approximate surface area is 286 Å². The van der Waals surface area contributed by atoms with Crippen molar-refractivity contribution in [2.45, 2.75) is 0 Å². The molecule has 12 aromatic rings. The molecule has 1 aliphatic carbocycles. The molecular weight excluding hydrogens is 635 g/mol. The number of aromatic nitrogens is 3. The molecule has 0 unspecified atom stereocenters. The van der Waals surface area contributed by atoms with Gasteiger partial charge in [0, 0.05) is 52.7 Å². The van der Waals surface area contributed by atoms with E-state index in [4.69, 9.17) is 18.8 Å². The maximum atomic E-state index is 6.57. The number of nitrogens with zero attached hydrogens (tertiary/aromatic N) is 3. The van der Waals surface area contributed by atoms with Gasteiger partial charge in [-0.25, -0.2) is 9.97 Å². The highest BCUT2D eigenvalue weighted by Crippen LogP contribution is 2.52. The zero-order valence-electron chi connectivity index (χ0n) is 26.2. The van der Waals surface area contributed by atoms with Crippen LogP contribution in [-0.2, 0) is 0 Å². The van der Waals surface area contributed by atoms with Gasteiger partial charge < -0.3 is 8.83 Å². The highest BCUT2D eigenvalue weighted by Gasteiger charge is 2.27. The van der Waals surface area contributed by atoms with Crippen molar-refractivity contribution in [1.29, 1.82) is 0 Å². The van der Waals surface area contributed by atoms with E-state index in [9.17, 15) is 0 Å². The van der Waals surface area contributed by atoms with Crippen molar-refractivity contribution in [3.63, 3.8) is 0 Å². The first-order chi connectivity index (χ1) is 24.8. The number of rotatable bonds is 2. The number of hydrogen-bond acceptors (Lipinski definition) is 5. The number of fused-ring (bicyclic) bond motifs is 7. The van der Waals surface area contributed by atoms with Crippen LogP contribution in [0.15, 0.2) is 136 Å². The van der Waals surface area contributed by atoms with E-state index in [2.05, 4.69) is 89.5 Å². The van der Waals surface area contributed by atoms with Crippen LogP contribution in [0.5, 0.6) is 0 Å². The highest BCUT2D eigenvalue weighted by atomic mass is 32.1. The van der Waals surface area contributed by atoms with Crippen molar-refractivity contribution in [2.24, 2.45) is 0 Å². The lowest BCUT2D eigenvalue weighted by Crippen LogP contribution is -2.03. The number of benzene rings is 7. The summed E-state index contributed by atoms with van der Waals surface area (Å²) in [6.07, 6.45) is 0. The molecule has 0 amide bonds. The van der Waals surface area contributed by atoms with Gasteiger partial charge in [0.25, 0.3) is 0 Å². The molecule has 0 saturated heterocycles. The molecule has 0 saturated carbocycles. The predicted molar refractivity (Wildman–Crippen MR) is 206 cm³/mol. The molecule has 0 fully saturated rings. The van der Waals surface area contributed by atoms with E-state index < -0.39 is 0 Å². The summed E-state index contributed by atoms with van der Waals surface area (Å²) in [5.74, 6) is 0.618. The summed E-state index contributed by atoms with van der Waals surface area (Å²) in [6, 6.07) is 45.1. The Morgan fingerprint density at radius 2 is 1.22 bits per heavy atom. The lowest BCUT2D eigenvalue weighted by molar-refractivity contribution is 0.666. The molecule has 0 bridgehead atoms. The zero-order valence-corrected chi connectivity index (χ0v) is 27.0. The SMILES string of the molecule is c1cc2c3c(c1)ccc1c3c3c4c(ccc3n1-c1nc(-c3ccc5oc6ccccc6c5c3)c3oc5ccccc5c3n1)sc1cccc-2c14. The van der Waals surface area contributed by atoms with Gasteiger partial charge in [-0.3, -0.25) is 4.57 Å². The Morgan fingerprint density at radius 3 is 2.12 bits per heavy atom. The predicted octanol–water partition coefficient (Wildman–Crippen LogP) is 12.5.